The van der Waals surface area contributed by atoms with E-state index in [1.54, 1.807) is 19.1 Å². The molecule has 0 unspecified atom stereocenters. The third kappa shape index (κ3) is 4.32. The number of fused-ring (bicyclic) bond motifs is 4. The van der Waals surface area contributed by atoms with Gasteiger partial charge in [0.25, 0.3) is 0 Å². The maximum absolute atomic E-state index is 14.5. The number of benzene rings is 3. The molecule has 4 aliphatic rings. The van der Waals surface area contributed by atoms with Crippen molar-refractivity contribution < 1.29 is 43.3 Å². The number of carboxylic acid groups (broad SMARTS) is 1. The largest absolute Gasteiger partial charge is 0.508 e. The first-order valence-electron chi connectivity index (χ1n) is 15.0. The summed E-state index contributed by atoms with van der Waals surface area (Å²) in [6.45, 7) is 1.65. The fourth-order valence-electron chi connectivity index (χ4n) is 8.15. The molecule has 1 saturated carbocycles. The molecule has 10 nitrogen and oxygen atoms in total. The average molecular weight is 659 g/mol. The molecule has 12 heteroatoms. The van der Waals surface area contributed by atoms with E-state index in [1.807, 2.05) is 6.08 Å². The number of anilines is 2. The molecule has 7 rings (SSSR count). The van der Waals surface area contributed by atoms with Crippen molar-refractivity contribution in [3.05, 3.63) is 94.3 Å². The highest BCUT2D eigenvalue weighted by Gasteiger charge is 2.68. The van der Waals surface area contributed by atoms with Gasteiger partial charge in [0.1, 0.15) is 17.3 Å². The highest BCUT2D eigenvalue weighted by molar-refractivity contribution is 6.32. The number of nitrogens with zero attached hydrogens (tertiary/aromatic N) is 2. The van der Waals surface area contributed by atoms with Gasteiger partial charge in [0.2, 0.25) is 23.6 Å². The van der Waals surface area contributed by atoms with Crippen molar-refractivity contribution in [2.24, 2.45) is 29.1 Å². The summed E-state index contributed by atoms with van der Waals surface area (Å²) < 4.78 is 19.5. The fourth-order valence-corrected chi connectivity index (χ4v) is 8.33. The maximum Gasteiger partial charge on any atom is 0.335 e. The Morgan fingerprint density at radius 1 is 0.957 bits per heavy atom. The summed E-state index contributed by atoms with van der Waals surface area (Å²) in [5.41, 5.74) is -0.384. The molecule has 3 fully saturated rings. The van der Waals surface area contributed by atoms with Gasteiger partial charge in [-0.05, 0) is 80.3 Å². The van der Waals surface area contributed by atoms with Gasteiger partial charge in [0, 0.05) is 11.5 Å². The number of ether oxygens (including phenoxy) is 1. The zero-order valence-corrected chi connectivity index (χ0v) is 25.9. The Hall–Kier alpha value is -5.03. The van der Waals surface area contributed by atoms with Crippen molar-refractivity contribution in [2.45, 2.75) is 25.7 Å². The number of aromatic hydroxyl groups is 1. The SMILES string of the molecule is COc1ccc(O)c([C@H]2C3=CC[C@@H]4C(=O)N(c5cccc(C(=O)O)c5)C(=O)[C@@H]4[C@@H]3C[C@H]3C(=O)N(c4ccc(F)c(Cl)c4)C(=O)[C@@]23C)c1. The molecular formula is C35H28ClFN2O8. The number of carbonyl (C=O) groups excluding carboxylic acids is 4. The molecule has 2 heterocycles. The van der Waals surface area contributed by atoms with Gasteiger partial charge in [-0.3, -0.25) is 24.1 Å². The van der Waals surface area contributed by atoms with E-state index in [0.717, 1.165) is 15.9 Å². The molecule has 240 valence electrons. The lowest BCUT2D eigenvalue weighted by atomic mass is 9.51. The molecule has 0 radical (unpaired) electrons. The normalized spacial score (nSPS) is 28.2. The third-order valence-corrected chi connectivity index (χ3v) is 10.6. The number of allylic oxidation sites excluding steroid dienone is 2. The number of methoxy groups -OCH3 is 1. The van der Waals surface area contributed by atoms with Crippen LogP contribution in [0.2, 0.25) is 5.02 Å². The van der Waals surface area contributed by atoms with Crippen LogP contribution in [0.15, 0.2) is 72.3 Å². The number of carbonyl (C=O) groups is 5. The predicted octanol–water partition coefficient (Wildman–Crippen LogP) is 5.33. The van der Waals surface area contributed by atoms with E-state index >= 15 is 0 Å². The molecule has 4 amide bonds. The summed E-state index contributed by atoms with van der Waals surface area (Å²) in [5.74, 6) is -8.14. The molecule has 0 spiro atoms. The van der Waals surface area contributed by atoms with Gasteiger partial charge < -0.3 is 14.9 Å². The summed E-state index contributed by atoms with van der Waals surface area (Å²) in [6, 6.07) is 13.7. The Kier molecular flexibility index (Phi) is 7.01. The van der Waals surface area contributed by atoms with Crippen LogP contribution < -0.4 is 14.5 Å². The van der Waals surface area contributed by atoms with Gasteiger partial charge in [-0.2, -0.15) is 0 Å². The first-order chi connectivity index (χ1) is 22.4. The van der Waals surface area contributed by atoms with Crippen LogP contribution >= 0.6 is 11.6 Å². The molecule has 2 aliphatic carbocycles. The summed E-state index contributed by atoms with van der Waals surface area (Å²) in [6.07, 6.45) is 2.02. The van der Waals surface area contributed by atoms with E-state index in [1.165, 1.54) is 49.6 Å². The average Bonchev–Trinajstić information content (AvgIpc) is 3.42. The number of phenolic OH excluding ortho intramolecular Hbond substituents is 1. The number of hydrogen-bond acceptors (Lipinski definition) is 7. The van der Waals surface area contributed by atoms with Gasteiger partial charge >= 0.3 is 5.97 Å². The summed E-state index contributed by atoms with van der Waals surface area (Å²) in [7, 11) is 1.45. The molecule has 2 saturated heterocycles. The second kappa shape index (κ2) is 10.8. The lowest BCUT2D eigenvalue weighted by Gasteiger charge is -2.49. The predicted molar refractivity (Wildman–Crippen MR) is 167 cm³/mol. The Morgan fingerprint density at radius 3 is 2.40 bits per heavy atom. The van der Waals surface area contributed by atoms with Crippen LogP contribution in [0.5, 0.6) is 11.5 Å². The number of phenols is 1. The van der Waals surface area contributed by atoms with E-state index in [4.69, 9.17) is 16.3 Å². The van der Waals surface area contributed by atoms with Gasteiger partial charge in [0.05, 0.1) is 52.2 Å². The van der Waals surface area contributed by atoms with Crippen LogP contribution in [0.3, 0.4) is 0 Å². The van der Waals surface area contributed by atoms with E-state index in [0.29, 0.717) is 16.9 Å². The van der Waals surface area contributed by atoms with Crippen molar-refractivity contribution in [1.82, 2.24) is 0 Å². The molecule has 3 aromatic carbocycles. The second-order valence-electron chi connectivity index (χ2n) is 12.6. The van der Waals surface area contributed by atoms with E-state index in [-0.39, 0.29) is 40.6 Å². The highest BCUT2D eigenvalue weighted by Crippen LogP contribution is 2.64. The van der Waals surface area contributed by atoms with Crippen molar-refractivity contribution >= 4 is 52.6 Å². The molecule has 47 heavy (non-hydrogen) atoms. The summed E-state index contributed by atoms with van der Waals surface area (Å²) >= 11 is 6.05. The first kappa shape index (κ1) is 30.6. The Bertz CT molecular complexity index is 1960. The number of aromatic carboxylic acids is 1. The van der Waals surface area contributed by atoms with E-state index in [2.05, 4.69) is 0 Å². The number of imide groups is 2. The number of rotatable bonds is 5. The Morgan fingerprint density at radius 2 is 1.70 bits per heavy atom. The maximum atomic E-state index is 14.5. The van der Waals surface area contributed by atoms with Crippen LogP contribution in [0, 0.1) is 34.9 Å². The summed E-state index contributed by atoms with van der Waals surface area (Å²) in [4.78, 5) is 70.5. The Labute approximate surface area is 273 Å². The molecule has 2 aliphatic heterocycles. The van der Waals surface area contributed by atoms with Crippen LogP contribution in [0.1, 0.15) is 41.6 Å². The molecule has 0 aromatic heterocycles. The standard InChI is InChI=1S/C35H28ClFN2O8/c1-35-24(31(42)39(34(35)46)18-6-10-26(37)25(36)13-18)15-22-20(29(35)23-14-19(47-2)7-11-27(23)40)8-9-21-28(22)32(43)38(30(21)41)17-5-3-4-16(12-17)33(44)45/h3-8,10-14,21-22,24,28-29,40H,9,15H2,1-2H3,(H,44,45)/t21-,22+,24-,28-,29+,35+/m0/s1. The van der Waals surface area contributed by atoms with Crippen molar-refractivity contribution in [2.75, 3.05) is 16.9 Å². The second-order valence-corrected chi connectivity index (χ2v) is 13.0. The first-order valence-corrected chi connectivity index (χ1v) is 15.4. The van der Waals surface area contributed by atoms with Crippen LogP contribution in [0.25, 0.3) is 0 Å². The quantitative estimate of drug-likeness (QED) is 0.277. The molecule has 3 aromatic rings. The fraction of sp³-hybridized carbons (Fsp3) is 0.286. The number of hydrogen-bond donors (Lipinski definition) is 2. The molecule has 2 N–H and O–H groups in total. The van der Waals surface area contributed by atoms with Gasteiger partial charge in [-0.25, -0.2) is 14.1 Å². The zero-order chi connectivity index (χ0) is 33.5. The highest BCUT2D eigenvalue weighted by atomic mass is 35.5. The van der Waals surface area contributed by atoms with E-state index < -0.39 is 70.4 Å². The van der Waals surface area contributed by atoms with Gasteiger partial charge in [-0.15, -0.1) is 0 Å². The lowest BCUT2D eigenvalue weighted by Crippen LogP contribution is -2.48. The topological polar surface area (TPSA) is 142 Å². The minimum atomic E-state index is -1.46. The van der Waals surface area contributed by atoms with Crippen LogP contribution in [-0.2, 0) is 19.2 Å². The number of halogens is 2. The van der Waals surface area contributed by atoms with Crippen molar-refractivity contribution in [3.63, 3.8) is 0 Å². The minimum absolute atomic E-state index is 0.0444. The van der Waals surface area contributed by atoms with E-state index in [9.17, 15) is 38.6 Å². The van der Waals surface area contributed by atoms with Gasteiger partial charge in [-0.1, -0.05) is 29.3 Å². The third-order valence-electron chi connectivity index (χ3n) is 10.3. The molecule has 6 atom stereocenters. The zero-order valence-electron chi connectivity index (χ0n) is 25.1. The smallest absolute Gasteiger partial charge is 0.335 e. The minimum Gasteiger partial charge on any atom is -0.508 e. The summed E-state index contributed by atoms with van der Waals surface area (Å²) in [5, 5.41) is 20.5. The number of amides is 4. The van der Waals surface area contributed by atoms with Crippen LogP contribution in [-0.4, -0.2) is 46.9 Å². The molecular weight excluding hydrogens is 631 g/mol. The monoisotopic (exact) mass is 658 g/mol. The number of carboxylic acids is 1. The lowest BCUT2D eigenvalue weighted by molar-refractivity contribution is -0.131. The van der Waals surface area contributed by atoms with Crippen molar-refractivity contribution in [1.29, 1.82) is 0 Å². The van der Waals surface area contributed by atoms with Crippen LogP contribution in [0.4, 0.5) is 15.8 Å². The molecule has 0 bridgehead atoms. The Balaban J connectivity index is 1.38. The van der Waals surface area contributed by atoms with Crippen molar-refractivity contribution in [3.8, 4) is 11.5 Å². The van der Waals surface area contributed by atoms with Gasteiger partial charge in [0.15, 0.2) is 0 Å².